The highest BCUT2D eigenvalue weighted by Gasteiger charge is 2.16. The van der Waals surface area contributed by atoms with Gasteiger partial charge in [-0.05, 0) is 32.1 Å². The van der Waals surface area contributed by atoms with E-state index in [9.17, 15) is 8.42 Å². The van der Waals surface area contributed by atoms with Gasteiger partial charge in [-0.2, -0.15) is 0 Å². The van der Waals surface area contributed by atoms with Crippen molar-refractivity contribution in [2.45, 2.75) is 24.6 Å². The van der Waals surface area contributed by atoms with E-state index in [-0.39, 0.29) is 0 Å². The van der Waals surface area contributed by atoms with Gasteiger partial charge in [0.05, 0.1) is 0 Å². The lowest BCUT2D eigenvalue weighted by atomic mass is 10.3. The van der Waals surface area contributed by atoms with E-state index in [4.69, 9.17) is 0 Å². The quantitative estimate of drug-likeness (QED) is 0.819. The fourth-order valence-electron chi connectivity index (χ4n) is 1.14. The normalized spacial score (nSPS) is 11.9. The van der Waals surface area contributed by atoms with Gasteiger partial charge in [-0.25, -0.2) is 13.1 Å². The lowest BCUT2D eigenvalue weighted by Gasteiger charge is -1.99. The molecule has 4 nitrogen and oxygen atoms in total. The fourth-order valence-corrected chi connectivity index (χ4v) is 3.53. The van der Waals surface area contributed by atoms with Gasteiger partial charge in [-0.3, -0.25) is 0 Å². The number of aryl methyl sites for hydroxylation is 1. The Bertz CT molecular complexity index is 423. The molecule has 1 aromatic rings. The number of thiophene rings is 1. The Morgan fingerprint density at radius 2 is 2.13 bits per heavy atom. The summed E-state index contributed by atoms with van der Waals surface area (Å²) < 4.78 is 25.7. The van der Waals surface area contributed by atoms with Gasteiger partial charge in [0.15, 0.2) is 0 Å². The van der Waals surface area contributed by atoms with Crippen molar-refractivity contribution in [1.82, 2.24) is 10.0 Å². The molecular formula is C9H16N2O2S2. The third-order valence-corrected chi connectivity index (χ3v) is 5.19. The average Bonchev–Trinajstić information content (AvgIpc) is 2.57. The van der Waals surface area contributed by atoms with Crippen LogP contribution in [0, 0.1) is 6.92 Å². The van der Waals surface area contributed by atoms with Crippen molar-refractivity contribution < 1.29 is 8.42 Å². The molecule has 0 aliphatic carbocycles. The Balaban J connectivity index is 2.95. The Kier molecular flexibility index (Phi) is 4.27. The molecule has 0 unspecified atom stereocenters. The molecule has 0 fully saturated rings. The Labute approximate surface area is 94.8 Å². The Morgan fingerprint density at radius 3 is 2.67 bits per heavy atom. The highest BCUT2D eigenvalue weighted by molar-refractivity contribution is 7.91. The Morgan fingerprint density at radius 1 is 1.47 bits per heavy atom. The van der Waals surface area contributed by atoms with Gasteiger partial charge in [-0.15, -0.1) is 11.3 Å². The van der Waals surface area contributed by atoms with Gasteiger partial charge < -0.3 is 5.32 Å². The summed E-state index contributed by atoms with van der Waals surface area (Å²) in [6, 6.07) is 1.71. The predicted molar refractivity (Wildman–Crippen MR) is 62.7 cm³/mol. The van der Waals surface area contributed by atoms with Crippen molar-refractivity contribution >= 4 is 21.4 Å². The zero-order valence-corrected chi connectivity index (χ0v) is 10.8. The molecule has 0 aromatic carbocycles. The second-order valence-electron chi connectivity index (χ2n) is 3.16. The highest BCUT2D eigenvalue weighted by atomic mass is 32.2. The third kappa shape index (κ3) is 3.01. The maximum Gasteiger partial charge on any atom is 0.249 e. The fraction of sp³-hybridized carbons (Fsp3) is 0.556. The van der Waals surface area contributed by atoms with Crippen molar-refractivity contribution in [3.8, 4) is 0 Å². The Hall–Kier alpha value is -0.430. The van der Waals surface area contributed by atoms with E-state index < -0.39 is 10.0 Å². The average molecular weight is 248 g/mol. The molecule has 0 radical (unpaired) electrons. The van der Waals surface area contributed by atoms with Crippen molar-refractivity contribution in [3.05, 3.63) is 16.5 Å². The number of rotatable bonds is 5. The minimum atomic E-state index is -3.28. The van der Waals surface area contributed by atoms with E-state index in [1.54, 1.807) is 6.07 Å². The summed E-state index contributed by atoms with van der Waals surface area (Å²) in [5, 5.41) is 3.18. The standard InChI is InChI=1S/C9H16N2O2S2/c1-4-11-6-8-7(2)5-9(14-8)15(12,13)10-3/h5,10-11H,4,6H2,1-3H3. The molecule has 0 atom stereocenters. The van der Waals surface area contributed by atoms with E-state index in [1.807, 2.05) is 13.8 Å². The molecule has 0 saturated carbocycles. The van der Waals surface area contributed by atoms with Crippen LogP contribution in [-0.4, -0.2) is 22.0 Å². The van der Waals surface area contributed by atoms with Crippen LogP contribution in [-0.2, 0) is 16.6 Å². The first-order valence-electron chi connectivity index (χ1n) is 4.74. The third-order valence-electron chi connectivity index (χ3n) is 2.07. The van der Waals surface area contributed by atoms with E-state index in [0.29, 0.717) is 4.21 Å². The van der Waals surface area contributed by atoms with Gasteiger partial charge >= 0.3 is 0 Å². The highest BCUT2D eigenvalue weighted by Crippen LogP contribution is 2.25. The van der Waals surface area contributed by atoms with Gasteiger partial charge in [-0.1, -0.05) is 6.92 Å². The van der Waals surface area contributed by atoms with Gasteiger partial charge in [0, 0.05) is 11.4 Å². The molecular weight excluding hydrogens is 232 g/mol. The molecule has 0 aliphatic rings. The molecule has 15 heavy (non-hydrogen) atoms. The van der Waals surface area contributed by atoms with E-state index >= 15 is 0 Å². The summed E-state index contributed by atoms with van der Waals surface area (Å²) in [7, 11) is -1.86. The van der Waals surface area contributed by atoms with Gasteiger partial charge in [0.2, 0.25) is 10.0 Å². The zero-order chi connectivity index (χ0) is 11.5. The molecule has 0 saturated heterocycles. The summed E-state index contributed by atoms with van der Waals surface area (Å²) in [4.78, 5) is 1.07. The minimum absolute atomic E-state index is 0.385. The first-order valence-corrected chi connectivity index (χ1v) is 7.04. The molecule has 0 bridgehead atoms. The number of hydrogen-bond acceptors (Lipinski definition) is 4. The molecule has 1 rings (SSSR count). The van der Waals surface area contributed by atoms with Crippen molar-refractivity contribution in [3.63, 3.8) is 0 Å². The van der Waals surface area contributed by atoms with Crippen molar-refractivity contribution in [2.24, 2.45) is 0 Å². The lowest BCUT2D eigenvalue weighted by Crippen LogP contribution is -2.17. The molecule has 6 heteroatoms. The summed E-state index contributed by atoms with van der Waals surface area (Å²) in [5.74, 6) is 0. The maximum atomic E-state index is 11.5. The van der Waals surface area contributed by atoms with Crippen molar-refractivity contribution in [2.75, 3.05) is 13.6 Å². The lowest BCUT2D eigenvalue weighted by molar-refractivity contribution is 0.590. The van der Waals surface area contributed by atoms with E-state index in [2.05, 4.69) is 10.0 Å². The van der Waals surface area contributed by atoms with E-state index in [0.717, 1.165) is 23.5 Å². The van der Waals surface area contributed by atoms with Crippen LogP contribution in [0.4, 0.5) is 0 Å². The molecule has 86 valence electrons. The van der Waals surface area contributed by atoms with Crippen LogP contribution in [0.2, 0.25) is 0 Å². The molecule has 0 spiro atoms. The second-order valence-corrected chi connectivity index (χ2v) is 6.41. The molecule has 1 aromatic heterocycles. The van der Waals surface area contributed by atoms with Crippen LogP contribution >= 0.6 is 11.3 Å². The van der Waals surface area contributed by atoms with Crippen LogP contribution in [0.1, 0.15) is 17.4 Å². The van der Waals surface area contributed by atoms with Gasteiger partial charge in [0.1, 0.15) is 4.21 Å². The van der Waals surface area contributed by atoms with E-state index in [1.165, 1.54) is 18.4 Å². The zero-order valence-electron chi connectivity index (χ0n) is 9.12. The first-order chi connectivity index (χ1) is 7.01. The van der Waals surface area contributed by atoms with Crippen molar-refractivity contribution in [1.29, 1.82) is 0 Å². The van der Waals surface area contributed by atoms with Crippen LogP contribution in [0.15, 0.2) is 10.3 Å². The molecule has 0 aliphatic heterocycles. The smallest absolute Gasteiger partial charge is 0.249 e. The predicted octanol–water partition coefficient (Wildman–Crippen LogP) is 1.07. The van der Waals surface area contributed by atoms with Crippen LogP contribution in [0.25, 0.3) is 0 Å². The van der Waals surface area contributed by atoms with Gasteiger partial charge in [0.25, 0.3) is 0 Å². The topological polar surface area (TPSA) is 58.2 Å². The molecule has 0 amide bonds. The summed E-state index contributed by atoms with van der Waals surface area (Å²) in [6.07, 6.45) is 0. The summed E-state index contributed by atoms with van der Waals surface area (Å²) in [5.41, 5.74) is 1.02. The number of nitrogens with one attached hydrogen (secondary N) is 2. The van der Waals surface area contributed by atoms with Crippen LogP contribution in [0.3, 0.4) is 0 Å². The minimum Gasteiger partial charge on any atom is -0.312 e. The first kappa shape index (κ1) is 12.6. The second kappa shape index (κ2) is 5.07. The summed E-state index contributed by atoms with van der Waals surface area (Å²) >= 11 is 1.32. The van der Waals surface area contributed by atoms with Crippen LogP contribution < -0.4 is 10.0 Å². The number of hydrogen-bond donors (Lipinski definition) is 2. The maximum absolute atomic E-state index is 11.5. The summed E-state index contributed by atoms with van der Waals surface area (Å²) in [6.45, 7) is 5.56. The largest absolute Gasteiger partial charge is 0.312 e. The molecule has 2 N–H and O–H groups in total. The monoisotopic (exact) mass is 248 g/mol. The van der Waals surface area contributed by atoms with Crippen LogP contribution in [0.5, 0.6) is 0 Å². The molecule has 1 heterocycles. The SMILES string of the molecule is CCNCc1sc(S(=O)(=O)NC)cc1C. The number of sulfonamides is 1.